The van der Waals surface area contributed by atoms with E-state index in [9.17, 15) is 14.5 Å². The number of benzene rings is 1. The molecule has 1 aromatic carbocycles. The first-order valence-electron chi connectivity index (χ1n) is 5.41. The van der Waals surface area contributed by atoms with E-state index in [1.54, 1.807) is 12.1 Å². The fourth-order valence-corrected chi connectivity index (χ4v) is 2.47. The summed E-state index contributed by atoms with van der Waals surface area (Å²) in [5.41, 5.74) is 0.705. The van der Waals surface area contributed by atoms with Crippen LogP contribution in [0.3, 0.4) is 0 Å². The molecule has 0 atom stereocenters. The number of piperidine rings is 1. The van der Waals surface area contributed by atoms with Crippen molar-refractivity contribution in [2.45, 2.75) is 19.0 Å². The smallest absolute Gasteiger partial charge is 0.292 e. The van der Waals surface area contributed by atoms with Crippen LogP contribution in [0.25, 0.3) is 0 Å². The van der Waals surface area contributed by atoms with Crippen LogP contribution in [0.1, 0.15) is 12.8 Å². The standard InChI is InChI=1S/C11H12FIN2O2/c12-8-3-5-14(6-4-8)11-7-9(13)1-2-10(11)15(16)17/h1-2,7-8H,3-6H2. The quantitative estimate of drug-likeness (QED) is 0.468. The van der Waals surface area contributed by atoms with E-state index in [1.807, 2.05) is 4.90 Å². The number of rotatable bonds is 2. The molecule has 0 aromatic heterocycles. The zero-order valence-corrected chi connectivity index (χ0v) is 11.3. The Hall–Kier alpha value is -0.920. The van der Waals surface area contributed by atoms with Gasteiger partial charge in [-0.1, -0.05) is 0 Å². The predicted octanol–water partition coefficient (Wildman–Crippen LogP) is 3.14. The van der Waals surface area contributed by atoms with Gasteiger partial charge >= 0.3 is 0 Å². The lowest BCUT2D eigenvalue weighted by atomic mass is 10.1. The van der Waals surface area contributed by atoms with Gasteiger partial charge in [0.1, 0.15) is 11.9 Å². The molecule has 2 rings (SSSR count). The van der Waals surface area contributed by atoms with Gasteiger partial charge in [-0.2, -0.15) is 0 Å². The van der Waals surface area contributed by atoms with Gasteiger partial charge in [0.25, 0.3) is 5.69 Å². The van der Waals surface area contributed by atoms with E-state index in [4.69, 9.17) is 0 Å². The normalized spacial score (nSPS) is 17.2. The highest BCUT2D eigenvalue weighted by atomic mass is 127. The highest BCUT2D eigenvalue weighted by Crippen LogP contribution is 2.32. The zero-order chi connectivity index (χ0) is 12.4. The van der Waals surface area contributed by atoms with Crippen molar-refractivity contribution in [1.82, 2.24) is 0 Å². The van der Waals surface area contributed by atoms with Crippen molar-refractivity contribution in [1.29, 1.82) is 0 Å². The second-order valence-corrected chi connectivity index (χ2v) is 5.30. The first-order valence-corrected chi connectivity index (χ1v) is 6.49. The van der Waals surface area contributed by atoms with Gasteiger partial charge < -0.3 is 4.90 Å². The van der Waals surface area contributed by atoms with Crippen LogP contribution in [-0.4, -0.2) is 24.2 Å². The Bertz CT molecular complexity index is 433. The van der Waals surface area contributed by atoms with Gasteiger partial charge in [0.15, 0.2) is 0 Å². The molecule has 0 spiro atoms. The van der Waals surface area contributed by atoms with Crippen LogP contribution < -0.4 is 4.90 Å². The molecule has 92 valence electrons. The van der Waals surface area contributed by atoms with Gasteiger partial charge in [0.2, 0.25) is 0 Å². The van der Waals surface area contributed by atoms with Crippen LogP contribution in [0.15, 0.2) is 18.2 Å². The van der Waals surface area contributed by atoms with Crippen molar-refractivity contribution in [2.24, 2.45) is 0 Å². The maximum absolute atomic E-state index is 13.0. The lowest BCUT2D eigenvalue weighted by Gasteiger charge is -2.30. The van der Waals surface area contributed by atoms with Crippen LogP contribution in [0.2, 0.25) is 0 Å². The minimum absolute atomic E-state index is 0.0997. The van der Waals surface area contributed by atoms with E-state index < -0.39 is 6.17 Å². The summed E-state index contributed by atoms with van der Waals surface area (Å²) < 4.78 is 14.0. The topological polar surface area (TPSA) is 46.4 Å². The van der Waals surface area contributed by atoms with Gasteiger partial charge in [0, 0.05) is 22.7 Å². The Morgan fingerprint density at radius 2 is 2.06 bits per heavy atom. The largest absolute Gasteiger partial charge is 0.366 e. The maximum Gasteiger partial charge on any atom is 0.292 e. The number of hydrogen-bond donors (Lipinski definition) is 0. The number of halogens is 2. The Morgan fingerprint density at radius 3 is 2.65 bits per heavy atom. The van der Waals surface area contributed by atoms with Crippen LogP contribution >= 0.6 is 22.6 Å². The van der Waals surface area contributed by atoms with Crippen LogP contribution in [0, 0.1) is 13.7 Å². The number of nitrogens with zero attached hydrogens (tertiary/aromatic N) is 2. The molecule has 6 heteroatoms. The van der Waals surface area contributed by atoms with Gasteiger partial charge in [-0.25, -0.2) is 4.39 Å². The predicted molar refractivity (Wildman–Crippen MR) is 72.2 cm³/mol. The summed E-state index contributed by atoms with van der Waals surface area (Å²) in [6.07, 6.45) is 0.124. The first kappa shape index (κ1) is 12.5. The number of nitro groups is 1. The molecular formula is C11H12FIN2O2. The monoisotopic (exact) mass is 350 g/mol. The first-order chi connectivity index (χ1) is 8.08. The van der Waals surface area contributed by atoms with Crippen LogP contribution in [-0.2, 0) is 0 Å². The summed E-state index contributed by atoms with van der Waals surface area (Å²) in [5, 5.41) is 10.9. The van der Waals surface area contributed by atoms with Gasteiger partial charge in [-0.05, 0) is 47.6 Å². The van der Waals surface area contributed by atoms with Crippen molar-refractivity contribution < 1.29 is 9.31 Å². The van der Waals surface area contributed by atoms with Crippen molar-refractivity contribution >= 4 is 34.0 Å². The molecule has 4 nitrogen and oxygen atoms in total. The minimum Gasteiger partial charge on any atom is -0.366 e. The molecule has 0 N–H and O–H groups in total. The third-order valence-electron chi connectivity index (χ3n) is 2.90. The summed E-state index contributed by atoms with van der Waals surface area (Å²) in [5.74, 6) is 0. The van der Waals surface area contributed by atoms with Crippen molar-refractivity contribution in [3.8, 4) is 0 Å². The van der Waals surface area contributed by atoms with Gasteiger partial charge in [-0.15, -0.1) is 0 Å². The van der Waals surface area contributed by atoms with Crippen LogP contribution in [0.4, 0.5) is 15.8 Å². The summed E-state index contributed by atoms with van der Waals surface area (Å²) in [7, 11) is 0. The second-order valence-electron chi connectivity index (χ2n) is 4.05. The van der Waals surface area contributed by atoms with Gasteiger partial charge in [-0.3, -0.25) is 10.1 Å². The molecule has 1 fully saturated rings. The highest BCUT2D eigenvalue weighted by Gasteiger charge is 2.24. The fourth-order valence-electron chi connectivity index (χ4n) is 1.99. The lowest BCUT2D eigenvalue weighted by Crippen LogP contribution is -2.34. The average Bonchev–Trinajstić information content (AvgIpc) is 2.29. The number of hydrogen-bond acceptors (Lipinski definition) is 3. The Morgan fingerprint density at radius 1 is 1.41 bits per heavy atom. The molecule has 0 saturated carbocycles. The fraction of sp³-hybridized carbons (Fsp3) is 0.455. The number of alkyl halides is 1. The van der Waals surface area contributed by atoms with E-state index in [0.29, 0.717) is 31.6 Å². The van der Waals surface area contributed by atoms with E-state index in [2.05, 4.69) is 22.6 Å². The molecular weight excluding hydrogens is 338 g/mol. The second kappa shape index (κ2) is 5.16. The third-order valence-corrected chi connectivity index (χ3v) is 3.57. The van der Waals surface area contributed by atoms with Crippen molar-refractivity contribution in [3.63, 3.8) is 0 Å². The summed E-state index contributed by atoms with van der Waals surface area (Å²) in [6.45, 7) is 1.09. The average molecular weight is 350 g/mol. The molecule has 1 aromatic rings. The Balaban J connectivity index is 2.30. The van der Waals surface area contributed by atoms with Crippen LogP contribution in [0.5, 0.6) is 0 Å². The minimum atomic E-state index is -0.770. The maximum atomic E-state index is 13.0. The summed E-state index contributed by atoms with van der Waals surface area (Å²) in [6, 6.07) is 5.01. The van der Waals surface area contributed by atoms with Gasteiger partial charge in [0.05, 0.1) is 4.92 Å². The molecule has 1 saturated heterocycles. The van der Waals surface area contributed by atoms with Crippen molar-refractivity contribution in [3.05, 3.63) is 31.9 Å². The van der Waals surface area contributed by atoms with Crippen molar-refractivity contribution in [2.75, 3.05) is 18.0 Å². The highest BCUT2D eigenvalue weighted by molar-refractivity contribution is 14.1. The molecule has 17 heavy (non-hydrogen) atoms. The molecule has 0 amide bonds. The molecule has 0 bridgehead atoms. The Kier molecular flexibility index (Phi) is 3.80. The van der Waals surface area contributed by atoms with E-state index in [-0.39, 0.29) is 10.6 Å². The SMILES string of the molecule is O=[N+]([O-])c1ccc(I)cc1N1CCC(F)CC1. The summed E-state index contributed by atoms with van der Waals surface area (Å²) >= 11 is 2.12. The van der Waals surface area contributed by atoms with E-state index in [1.165, 1.54) is 6.07 Å². The molecule has 0 unspecified atom stereocenters. The zero-order valence-electron chi connectivity index (χ0n) is 9.10. The molecule has 0 radical (unpaired) electrons. The van der Waals surface area contributed by atoms with E-state index >= 15 is 0 Å². The van der Waals surface area contributed by atoms with E-state index in [0.717, 1.165) is 3.57 Å². The number of anilines is 1. The molecule has 1 aliphatic rings. The molecule has 1 aliphatic heterocycles. The Labute approximate surface area is 112 Å². The lowest BCUT2D eigenvalue weighted by molar-refractivity contribution is -0.384. The molecule has 0 aliphatic carbocycles. The third kappa shape index (κ3) is 2.85. The molecule has 1 heterocycles. The summed E-state index contributed by atoms with van der Waals surface area (Å²) in [4.78, 5) is 12.5. The number of nitro benzene ring substituents is 1.